The van der Waals surface area contributed by atoms with Gasteiger partial charge in [0.05, 0.1) is 16.8 Å². The fourth-order valence-corrected chi connectivity index (χ4v) is 2.92. The quantitative estimate of drug-likeness (QED) is 0.573. The van der Waals surface area contributed by atoms with Crippen LogP contribution < -0.4 is 5.32 Å². The molecule has 154 valence electrons. The Kier molecular flexibility index (Phi) is 6.51. The molecule has 4 nitrogen and oxygen atoms in total. The van der Waals surface area contributed by atoms with Crippen molar-refractivity contribution in [2.45, 2.75) is 12.6 Å². The molecule has 30 heavy (non-hydrogen) atoms. The smallest absolute Gasteiger partial charge is 0.418 e. The maximum absolute atomic E-state index is 13.0. The average molecular weight is 413 g/mol. The van der Waals surface area contributed by atoms with Gasteiger partial charge in [-0.1, -0.05) is 60.7 Å². The van der Waals surface area contributed by atoms with Crippen molar-refractivity contribution in [3.8, 4) is 0 Å². The van der Waals surface area contributed by atoms with Crippen LogP contribution in [0.1, 0.15) is 27.0 Å². The van der Waals surface area contributed by atoms with Crippen molar-refractivity contribution >= 4 is 17.6 Å². The van der Waals surface area contributed by atoms with Gasteiger partial charge in [-0.05, 0) is 35.7 Å². The summed E-state index contributed by atoms with van der Waals surface area (Å²) in [6.07, 6.45) is -4.12. The van der Waals surface area contributed by atoms with Crippen molar-refractivity contribution < 1.29 is 27.5 Å². The molecule has 0 heterocycles. The molecule has 0 atom stereocenters. The van der Waals surface area contributed by atoms with Gasteiger partial charge in [-0.25, -0.2) is 4.79 Å². The predicted octanol–water partition coefficient (Wildman–Crippen LogP) is 5.09. The third kappa shape index (κ3) is 5.47. The van der Waals surface area contributed by atoms with E-state index in [0.29, 0.717) is 12.0 Å². The number of carbonyl (C=O) groups excluding carboxylic acids is 2. The van der Waals surface area contributed by atoms with Crippen LogP contribution in [-0.4, -0.2) is 18.5 Å². The molecule has 3 rings (SSSR count). The van der Waals surface area contributed by atoms with Gasteiger partial charge in [0.15, 0.2) is 6.61 Å². The van der Waals surface area contributed by atoms with Gasteiger partial charge in [0, 0.05) is 0 Å². The number of benzene rings is 3. The third-order valence-corrected chi connectivity index (χ3v) is 4.32. The van der Waals surface area contributed by atoms with Crippen LogP contribution in [0.4, 0.5) is 18.9 Å². The summed E-state index contributed by atoms with van der Waals surface area (Å²) < 4.78 is 44.1. The first-order valence-electron chi connectivity index (χ1n) is 9.09. The Morgan fingerprint density at radius 1 is 0.833 bits per heavy atom. The molecule has 0 aliphatic heterocycles. The van der Waals surface area contributed by atoms with E-state index in [1.807, 2.05) is 30.3 Å². The lowest BCUT2D eigenvalue weighted by Gasteiger charge is -2.14. The first-order chi connectivity index (χ1) is 14.3. The van der Waals surface area contributed by atoms with Crippen LogP contribution >= 0.6 is 0 Å². The Hall–Kier alpha value is -3.61. The molecule has 3 aromatic rings. The van der Waals surface area contributed by atoms with Crippen molar-refractivity contribution in [3.63, 3.8) is 0 Å². The number of rotatable bonds is 6. The van der Waals surface area contributed by atoms with E-state index in [1.165, 1.54) is 12.1 Å². The van der Waals surface area contributed by atoms with Crippen molar-refractivity contribution in [2.75, 3.05) is 11.9 Å². The van der Waals surface area contributed by atoms with Crippen LogP contribution in [0.25, 0.3) is 0 Å². The summed E-state index contributed by atoms with van der Waals surface area (Å²) in [5.74, 6) is -1.58. The zero-order valence-electron chi connectivity index (χ0n) is 15.8. The first-order valence-corrected chi connectivity index (χ1v) is 9.09. The molecule has 1 amide bonds. The van der Waals surface area contributed by atoms with Gasteiger partial charge in [0.1, 0.15) is 0 Å². The van der Waals surface area contributed by atoms with Crippen molar-refractivity contribution in [2.24, 2.45) is 0 Å². The monoisotopic (exact) mass is 413 g/mol. The SMILES string of the molecule is O=C(COC(=O)c1ccccc1Cc1ccccc1)Nc1ccccc1C(F)(F)F. The molecular formula is C23H18F3NO3. The number of hydrogen-bond acceptors (Lipinski definition) is 3. The average Bonchev–Trinajstić information content (AvgIpc) is 2.73. The minimum Gasteiger partial charge on any atom is -0.452 e. The molecule has 0 saturated carbocycles. The summed E-state index contributed by atoms with van der Waals surface area (Å²) in [7, 11) is 0. The fraction of sp³-hybridized carbons (Fsp3) is 0.130. The van der Waals surface area contributed by atoms with Crippen LogP contribution in [0.15, 0.2) is 78.9 Å². The lowest BCUT2D eigenvalue weighted by molar-refractivity contribution is -0.137. The van der Waals surface area contributed by atoms with E-state index in [0.717, 1.165) is 23.3 Å². The molecule has 0 spiro atoms. The highest BCUT2D eigenvalue weighted by molar-refractivity contribution is 5.96. The molecule has 0 aliphatic carbocycles. The number of halogens is 3. The van der Waals surface area contributed by atoms with Gasteiger partial charge < -0.3 is 10.1 Å². The molecule has 0 saturated heterocycles. The van der Waals surface area contributed by atoms with Crippen LogP contribution in [0.5, 0.6) is 0 Å². The highest BCUT2D eigenvalue weighted by Crippen LogP contribution is 2.34. The first kappa shape index (κ1) is 21.1. The van der Waals surface area contributed by atoms with Gasteiger partial charge in [-0.15, -0.1) is 0 Å². The van der Waals surface area contributed by atoms with Crippen molar-refractivity contribution in [1.82, 2.24) is 0 Å². The summed E-state index contributed by atoms with van der Waals surface area (Å²) in [6.45, 7) is -0.704. The van der Waals surface area contributed by atoms with E-state index >= 15 is 0 Å². The molecular weight excluding hydrogens is 395 g/mol. The second kappa shape index (κ2) is 9.26. The van der Waals surface area contributed by atoms with E-state index in [2.05, 4.69) is 5.32 Å². The van der Waals surface area contributed by atoms with Gasteiger partial charge >= 0.3 is 12.1 Å². The van der Waals surface area contributed by atoms with Gasteiger partial charge in [0.2, 0.25) is 0 Å². The maximum atomic E-state index is 13.0. The Bertz CT molecular complexity index is 1030. The number of para-hydroxylation sites is 1. The Morgan fingerprint density at radius 3 is 2.20 bits per heavy atom. The van der Waals surface area contributed by atoms with E-state index in [1.54, 1.807) is 24.3 Å². The second-order valence-corrected chi connectivity index (χ2v) is 6.49. The molecule has 1 N–H and O–H groups in total. The number of carbonyl (C=O) groups is 2. The maximum Gasteiger partial charge on any atom is 0.418 e. The summed E-state index contributed by atoms with van der Waals surface area (Å²) in [6, 6.07) is 20.9. The summed E-state index contributed by atoms with van der Waals surface area (Å²) >= 11 is 0. The number of amides is 1. The van der Waals surface area contributed by atoms with E-state index in [-0.39, 0.29) is 0 Å². The number of esters is 1. The molecule has 0 aliphatic rings. The Morgan fingerprint density at radius 2 is 1.47 bits per heavy atom. The Balaban J connectivity index is 1.65. The number of nitrogens with one attached hydrogen (secondary N) is 1. The van der Waals surface area contributed by atoms with Crippen molar-refractivity contribution in [3.05, 3.63) is 101 Å². The second-order valence-electron chi connectivity index (χ2n) is 6.49. The lowest BCUT2D eigenvalue weighted by Crippen LogP contribution is -2.23. The molecule has 0 fully saturated rings. The summed E-state index contributed by atoms with van der Waals surface area (Å²) in [5.41, 5.74) is 0.647. The molecule has 0 unspecified atom stereocenters. The lowest BCUT2D eigenvalue weighted by atomic mass is 10.00. The molecule has 0 aromatic heterocycles. The zero-order chi connectivity index (χ0) is 21.6. The third-order valence-electron chi connectivity index (χ3n) is 4.32. The van der Waals surface area contributed by atoms with E-state index in [4.69, 9.17) is 4.74 Å². The predicted molar refractivity (Wildman–Crippen MR) is 106 cm³/mol. The standard InChI is InChI=1S/C23H18F3NO3/c24-23(25,26)19-12-6-7-13-20(19)27-21(28)15-30-22(29)18-11-5-4-10-17(18)14-16-8-2-1-3-9-16/h1-13H,14-15H2,(H,27,28). The number of ether oxygens (including phenoxy) is 1. The number of alkyl halides is 3. The van der Waals surface area contributed by atoms with Crippen LogP contribution in [-0.2, 0) is 22.1 Å². The highest BCUT2D eigenvalue weighted by atomic mass is 19.4. The largest absolute Gasteiger partial charge is 0.452 e. The van der Waals surface area contributed by atoms with Crippen molar-refractivity contribution in [1.29, 1.82) is 0 Å². The van der Waals surface area contributed by atoms with Gasteiger partial charge in [-0.2, -0.15) is 13.2 Å². The topological polar surface area (TPSA) is 55.4 Å². The van der Waals surface area contributed by atoms with E-state index < -0.39 is 35.9 Å². The molecule has 7 heteroatoms. The van der Waals surface area contributed by atoms with Gasteiger partial charge in [-0.3, -0.25) is 4.79 Å². The Labute approximate surface area is 171 Å². The number of hydrogen-bond donors (Lipinski definition) is 1. The van der Waals surface area contributed by atoms with Crippen LogP contribution in [0, 0.1) is 0 Å². The summed E-state index contributed by atoms with van der Waals surface area (Å²) in [4.78, 5) is 24.5. The van der Waals surface area contributed by atoms with Gasteiger partial charge in [0.25, 0.3) is 5.91 Å². The fourth-order valence-electron chi connectivity index (χ4n) is 2.92. The normalized spacial score (nSPS) is 11.0. The van der Waals surface area contributed by atoms with Crippen LogP contribution in [0.2, 0.25) is 0 Å². The minimum absolute atomic E-state index is 0.296. The highest BCUT2D eigenvalue weighted by Gasteiger charge is 2.33. The molecule has 0 radical (unpaired) electrons. The van der Waals surface area contributed by atoms with E-state index in [9.17, 15) is 22.8 Å². The molecule has 0 bridgehead atoms. The minimum atomic E-state index is -4.61. The molecule has 3 aromatic carbocycles. The zero-order valence-corrected chi connectivity index (χ0v) is 15.8. The number of anilines is 1. The summed E-state index contributed by atoms with van der Waals surface area (Å²) in [5, 5.41) is 2.14. The van der Waals surface area contributed by atoms with Crippen LogP contribution in [0.3, 0.4) is 0 Å².